The number of rotatable bonds is 4. The second kappa shape index (κ2) is 5.06. The average molecular weight is 117 g/mol. The Balaban J connectivity index is 2.86. The van der Waals surface area contributed by atoms with Gasteiger partial charge in [0.05, 0.1) is 0 Å². The number of methoxy groups -OCH3 is 1. The first-order valence-corrected chi connectivity index (χ1v) is 2.97. The van der Waals surface area contributed by atoms with Gasteiger partial charge in [-0.2, -0.15) is 0 Å². The minimum Gasteiger partial charge on any atom is -0.385 e. The van der Waals surface area contributed by atoms with E-state index in [1.165, 1.54) is 0 Å². The molecule has 0 bridgehead atoms. The molecule has 0 aromatic carbocycles. The highest BCUT2D eigenvalue weighted by molar-refractivity contribution is 4.54. The second-order valence-corrected chi connectivity index (χ2v) is 1.97. The van der Waals surface area contributed by atoms with Crippen molar-refractivity contribution in [3.05, 3.63) is 0 Å². The first-order chi connectivity index (χ1) is 3.81. The van der Waals surface area contributed by atoms with E-state index in [1.807, 2.05) is 7.05 Å². The predicted octanol–water partition coefficient (Wildman–Crippen LogP) is 0.631. The lowest BCUT2D eigenvalue weighted by Crippen LogP contribution is -2.22. The Morgan fingerprint density at radius 1 is 1.62 bits per heavy atom. The van der Waals surface area contributed by atoms with Crippen molar-refractivity contribution in [3.63, 3.8) is 0 Å². The van der Waals surface area contributed by atoms with Crippen LogP contribution in [-0.2, 0) is 4.74 Å². The summed E-state index contributed by atoms with van der Waals surface area (Å²) in [4.78, 5) is 0. The van der Waals surface area contributed by atoms with Gasteiger partial charge in [-0.25, -0.2) is 0 Å². The Bertz CT molecular complexity index is 47.8. The van der Waals surface area contributed by atoms with Crippen LogP contribution in [-0.4, -0.2) is 26.8 Å². The summed E-state index contributed by atoms with van der Waals surface area (Å²) in [7, 11) is 3.68. The maximum atomic E-state index is 4.87. The van der Waals surface area contributed by atoms with E-state index < -0.39 is 0 Å². The molecule has 8 heavy (non-hydrogen) atoms. The summed E-state index contributed by atoms with van der Waals surface area (Å²) < 4.78 is 4.87. The van der Waals surface area contributed by atoms with Crippen LogP contribution in [0.3, 0.4) is 0 Å². The molecular formula is C6H15NO. The molecule has 0 amide bonds. The molecule has 0 fully saturated rings. The zero-order valence-electron chi connectivity index (χ0n) is 5.90. The smallest absolute Gasteiger partial charge is 0.0476 e. The van der Waals surface area contributed by atoms with Crippen LogP contribution < -0.4 is 5.32 Å². The molecule has 0 aliphatic heterocycles. The third kappa shape index (κ3) is 4.09. The van der Waals surface area contributed by atoms with E-state index in [1.54, 1.807) is 7.11 Å². The van der Waals surface area contributed by atoms with Crippen LogP contribution >= 0.6 is 0 Å². The molecule has 0 aliphatic carbocycles. The number of hydrogen-bond donors (Lipinski definition) is 1. The van der Waals surface area contributed by atoms with E-state index in [4.69, 9.17) is 4.74 Å². The van der Waals surface area contributed by atoms with Crippen molar-refractivity contribution < 1.29 is 4.74 Å². The van der Waals surface area contributed by atoms with Crippen molar-refractivity contribution >= 4 is 0 Å². The fraction of sp³-hybridized carbons (Fsp3) is 1.00. The third-order valence-electron chi connectivity index (χ3n) is 1.25. The van der Waals surface area contributed by atoms with Gasteiger partial charge in [-0.1, -0.05) is 0 Å². The van der Waals surface area contributed by atoms with Gasteiger partial charge in [0.2, 0.25) is 0 Å². The first-order valence-electron chi connectivity index (χ1n) is 2.97. The van der Waals surface area contributed by atoms with Gasteiger partial charge in [0.1, 0.15) is 0 Å². The summed E-state index contributed by atoms with van der Waals surface area (Å²) in [5.41, 5.74) is 0. The molecule has 0 spiro atoms. The summed E-state index contributed by atoms with van der Waals surface area (Å²) in [6.07, 6.45) is 1.09. The molecule has 1 N–H and O–H groups in total. The van der Waals surface area contributed by atoms with Crippen LogP contribution in [0.2, 0.25) is 0 Å². The van der Waals surface area contributed by atoms with Crippen molar-refractivity contribution in [1.82, 2.24) is 5.32 Å². The topological polar surface area (TPSA) is 21.3 Å². The largest absolute Gasteiger partial charge is 0.385 e. The fourth-order valence-corrected chi connectivity index (χ4v) is 0.439. The predicted molar refractivity (Wildman–Crippen MR) is 35.0 cm³/mol. The van der Waals surface area contributed by atoms with Gasteiger partial charge in [0.15, 0.2) is 0 Å². The minimum absolute atomic E-state index is 0.579. The number of nitrogens with one attached hydrogen (secondary N) is 1. The highest BCUT2D eigenvalue weighted by Gasteiger charge is 1.93. The SMILES string of the molecule is CN[C@@H](C)CCOC. The average Bonchev–Trinajstić information content (AvgIpc) is 1.83. The van der Waals surface area contributed by atoms with E-state index in [9.17, 15) is 0 Å². The maximum Gasteiger partial charge on any atom is 0.0476 e. The second-order valence-electron chi connectivity index (χ2n) is 1.97. The van der Waals surface area contributed by atoms with Crippen molar-refractivity contribution in [3.8, 4) is 0 Å². The molecule has 2 nitrogen and oxygen atoms in total. The fourth-order valence-electron chi connectivity index (χ4n) is 0.439. The van der Waals surface area contributed by atoms with Gasteiger partial charge in [0.25, 0.3) is 0 Å². The summed E-state index contributed by atoms with van der Waals surface area (Å²) in [5, 5.41) is 3.12. The number of hydrogen-bond acceptors (Lipinski definition) is 2. The van der Waals surface area contributed by atoms with Crippen LogP contribution in [0, 0.1) is 0 Å². The van der Waals surface area contributed by atoms with Gasteiger partial charge in [-0.15, -0.1) is 0 Å². The van der Waals surface area contributed by atoms with Gasteiger partial charge in [-0.3, -0.25) is 0 Å². The highest BCUT2D eigenvalue weighted by atomic mass is 16.5. The van der Waals surface area contributed by atoms with E-state index in [0.29, 0.717) is 6.04 Å². The summed E-state index contributed by atoms with van der Waals surface area (Å²) in [5.74, 6) is 0. The quantitative estimate of drug-likeness (QED) is 0.583. The van der Waals surface area contributed by atoms with Gasteiger partial charge in [0, 0.05) is 19.8 Å². The Morgan fingerprint density at radius 2 is 2.25 bits per heavy atom. The highest BCUT2D eigenvalue weighted by Crippen LogP contribution is 1.87. The first kappa shape index (κ1) is 7.92. The van der Waals surface area contributed by atoms with Crippen LogP contribution in [0.5, 0.6) is 0 Å². The zero-order chi connectivity index (χ0) is 6.41. The Labute approximate surface area is 51.2 Å². The molecule has 0 aromatic rings. The van der Waals surface area contributed by atoms with E-state index in [-0.39, 0.29) is 0 Å². The van der Waals surface area contributed by atoms with Crippen molar-refractivity contribution in [1.29, 1.82) is 0 Å². The minimum atomic E-state index is 0.579. The molecule has 0 heterocycles. The molecule has 0 aliphatic rings. The van der Waals surface area contributed by atoms with Crippen LogP contribution in [0.25, 0.3) is 0 Å². The van der Waals surface area contributed by atoms with Crippen molar-refractivity contribution in [2.75, 3.05) is 20.8 Å². The lowest BCUT2D eigenvalue weighted by Gasteiger charge is -2.07. The molecule has 0 unspecified atom stereocenters. The molecule has 0 rings (SSSR count). The molecular weight excluding hydrogens is 102 g/mol. The zero-order valence-corrected chi connectivity index (χ0v) is 5.90. The summed E-state index contributed by atoms with van der Waals surface area (Å²) in [6.45, 7) is 2.99. The Kier molecular flexibility index (Phi) is 5.01. The monoisotopic (exact) mass is 117 g/mol. The summed E-state index contributed by atoms with van der Waals surface area (Å²) >= 11 is 0. The van der Waals surface area contributed by atoms with Crippen LogP contribution in [0.15, 0.2) is 0 Å². The molecule has 2 heteroatoms. The molecule has 0 saturated heterocycles. The third-order valence-corrected chi connectivity index (χ3v) is 1.25. The molecule has 50 valence electrons. The molecule has 0 saturated carbocycles. The van der Waals surface area contributed by atoms with E-state index in [2.05, 4.69) is 12.2 Å². The lowest BCUT2D eigenvalue weighted by atomic mass is 10.2. The van der Waals surface area contributed by atoms with Crippen LogP contribution in [0.1, 0.15) is 13.3 Å². The van der Waals surface area contributed by atoms with Crippen molar-refractivity contribution in [2.45, 2.75) is 19.4 Å². The normalized spacial score (nSPS) is 13.9. The molecule has 0 radical (unpaired) electrons. The maximum absolute atomic E-state index is 4.87. The van der Waals surface area contributed by atoms with E-state index in [0.717, 1.165) is 13.0 Å². The number of ether oxygens (including phenoxy) is 1. The Morgan fingerprint density at radius 3 is 2.62 bits per heavy atom. The lowest BCUT2D eigenvalue weighted by molar-refractivity contribution is 0.186. The van der Waals surface area contributed by atoms with Gasteiger partial charge >= 0.3 is 0 Å². The van der Waals surface area contributed by atoms with Crippen molar-refractivity contribution in [2.24, 2.45) is 0 Å². The van der Waals surface area contributed by atoms with Crippen LogP contribution in [0.4, 0.5) is 0 Å². The van der Waals surface area contributed by atoms with E-state index >= 15 is 0 Å². The molecule has 1 atom stereocenters. The van der Waals surface area contributed by atoms with Gasteiger partial charge in [-0.05, 0) is 20.4 Å². The van der Waals surface area contributed by atoms with Gasteiger partial charge < -0.3 is 10.1 Å². The molecule has 0 aromatic heterocycles. The Hall–Kier alpha value is -0.0800. The summed E-state index contributed by atoms with van der Waals surface area (Å²) in [6, 6.07) is 0.579. The standard InChI is InChI=1S/C6H15NO/c1-6(7-2)4-5-8-3/h6-7H,4-5H2,1-3H3/t6-/m0/s1.